The van der Waals surface area contributed by atoms with Gasteiger partial charge >= 0.3 is 0 Å². The minimum Gasteiger partial charge on any atom is -0.378 e. The summed E-state index contributed by atoms with van der Waals surface area (Å²) < 4.78 is 5.53. The Labute approximate surface area is 196 Å². The van der Waals surface area contributed by atoms with Gasteiger partial charge in [0.25, 0.3) is 0 Å². The zero-order valence-corrected chi connectivity index (χ0v) is 23.8. The molecule has 1 aliphatic heterocycles. The molecule has 1 saturated heterocycles. The second-order valence-electron chi connectivity index (χ2n) is 14.3. The maximum absolute atomic E-state index is 5.53. The first-order valence-corrected chi connectivity index (χ1v) is 12.1. The molecule has 0 aliphatic carbocycles. The topological polar surface area (TPSA) is 12.5 Å². The molecule has 0 unspecified atom stereocenters. The van der Waals surface area contributed by atoms with Crippen LogP contribution in [0.3, 0.4) is 0 Å². The van der Waals surface area contributed by atoms with Crippen molar-refractivity contribution in [1.82, 2.24) is 0 Å². The molecule has 1 aromatic carbocycles. The van der Waals surface area contributed by atoms with Crippen LogP contribution in [0.15, 0.2) is 12.1 Å². The summed E-state index contributed by atoms with van der Waals surface area (Å²) in [7, 11) is 0. The third-order valence-corrected chi connectivity index (χ3v) is 4.31. The molecule has 0 amide bonds. The fourth-order valence-corrected chi connectivity index (χ4v) is 3.17. The number of hydrogen-bond acceptors (Lipinski definition) is 2. The van der Waals surface area contributed by atoms with E-state index < -0.39 is 0 Å². The van der Waals surface area contributed by atoms with E-state index in [0.29, 0.717) is 10.8 Å². The lowest BCUT2D eigenvalue weighted by Gasteiger charge is -2.36. The van der Waals surface area contributed by atoms with Gasteiger partial charge in [-0.3, -0.25) is 0 Å². The number of rotatable bonds is 1. The number of anilines is 1. The highest BCUT2D eigenvalue weighted by Crippen LogP contribution is 2.38. The molecule has 2 heteroatoms. The molecule has 1 fully saturated rings. The summed E-state index contributed by atoms with van der Waals surface area (Å²) in [6.07, 6.45) is 0. The number of morpholine rings is 1. The van der Waals surface area contributed by atoms with Crippen LogP contribution in [0.5, 0.6) is 0 Å². The van der Waals surface area contributed by atoms with E-state index in [0.717, 1.165) is 26.3 Å². The normalized spacial score (nSPS) is 15.5. The van der Waals surface area contributed by atoms with E-state index >= 15 is 0 Å². The second-order valence-corrected chi connectivity index (χ2v) is 14.3. The summed E-state index contributed by atoms with van der Waals surface area (Å²) >= 11 is 0. The van der Waals surface area contributed by atoms with Crippen LogP contribution >= 0.6 is 0 Å². The zero-order chi connectivity index (χ0) is 24.8. The van der Waals surface area contributed by atoms with Gasteiger partial charge in [0.15, 0.2) is 0 Å². The quantitative estimate of drug-likeness (QED) is 0.440. The molecule has 1 heterocycles. The van der Waals surface area contributed by atoms with E-state index in [2.05, 4.69) is 121 Å². The van der Waals surface area contributed by atoms with Gasteiger partial charge < -0.3 is 9.64 Å². The maximum atomic E-state index is 5.53. The summed E-state index contributed by atoms with van der Waals surface area (Å²) in [6.45, 7) is 37.2. The minimum atomic E-state index is 0.162. The van der Waals surface area contributed by atoms with Crippen molar-refractivity contribution in [3.05, 3.63) is 28.8 Å². The van der Waals surface area contributed by atoms with Gasteiger partial charge in [-0.1, -0.05) is 103 Å². The molecule has 0 N–H and O–H groups in total. The van der Waals surface area contributed by atoms with Crippen LogP contribution in [0, 0.1) is 17.8 Å². The van der Waals surface area contributed by atoms with Gasteiger partial charge in [0, 0.05) is 18.8 Å². The Morgan fingerprint density at radius 2 is 0.968 bits per heavy atom. The van der Waals surface area contributed by atoms with Crippen molar-refractivity contribution in [1.29, 1.82) is 0 Å². The third kappa shape index (κ3) is 13.9. The molecule has 1 aliphatic rings. The van der Waals surface area contributed by atoms with Crippen LogP contribution in [-0.2, 0) is 15.6 Å². The van der Waals surface area contributed by atoms with Gasteiger partial charge in [-0.25, -0.2) is 0 Å². The Morgan fingerprint density at radius 3 is 1.29 bits per heavy atom. The molecule has 0 atom stereocenters. The summed E-state index contributed by atoms with van der Waals surface area (Å²) in [4.78, 5) is 2.50. The predicted octanol–water partition coefficient (Wildman–Crippen LogP) is 8.53. The average molecular weight is 434 g/mol. The molecule has 1 aromatic rings. The molecule has 182 valence electrons. The molecule has 2 rings (SSSR count). The summed E-state index contributed by atoms with van der Waals surface area (Å²) in [5.41, 5.74) is 7.06. The molecule has 0 spiro atoms. The van der Waals surface area contributed by atoms with Crippen LogP contribution in [-0.4, -0.2) is 26.3 Å². The fourth-order valence-electron chi connectivity index (χ4n) is 3.17. The Kier molecular flexibility index (Phi) is 10.8. The van der Waals surface area contributed by atoms with Gasteiger partial charge in [0.05, 0.1) is 13.2 Å². The number of hydrogen-bond donors (Lipinski definition) is 0. The molecule has 2 nitrogen and oxygen atoms in total. The number of aryl methyl sites for hydroxylation is 1. The summed E-state index contributed by atoms with van der Waals surface area (Å²) in [5, 5.41) is 0. The Bertz CT molecular complexity index is 630. The minimum absolute atomic E-state index is 0.162. The number of benzene rings is 1. The second kappa shape index (κ2) is 11.2. The fraction of sp³-hybridized carbons (Fsp3) is 0.793. The number of ether oxygens (including phenoxy) is 1. The van der Waals surface area contributed by atoms with Crippen molar-refractivity contribution in [2.75, 3.05) is 31.2 Å². The molecule has 0 bridgehead atoms. The van der Waals surface area contributed by atoms with E-state index in [1.54, 1.807) is 0 Å². The largest absolute Gasteiger partial charge is 0.378 e. The van der Waals surface area contributed by atoms with Crippen LogP contribution in [0.2, 0.25) is 0 Å². The van der Waals surface area contributed by atoms with E-state index in [-0.39, 0.29) is 10.8 Å². The predicted molar refractivity (Wildman–Crippen MR) is 142 cm³/mol. The Morgan fingerprint density at radius 1 is 0.613 bits per heavy atom. The van der Waals surface area contributed by atoms with Crippen molar-refractivity contribution in [3.63, 3.8) is 0 Å². The van der Waals surface area contributed by atoms with Gasteiger partial charge in [-0.2, -0.15) is 0 Å². The monoisotopic (exact) mass is 433 g/mol. The van der Waals surface area contributed by atoms with Crippen LogP contribution in [0.1, 0.15) is 114 Å². The van der Waals surface area contributed by atoms with Crippen molar-refractivity contribution in [3.8, 4) is 0 Å². The van der Waals surface area contributed by atoms with E-state index in [1.807, 2.05) is 0 Å². The third-order valence-electron chi connectivity index (χ3n) is 4.31. The first kappa shape index (κ1) is 30.0. The van der Waals surface area contributed by atoms with Gasteiger partial charge in [-0.15, -0.1) is 0 Å². The first-order valence-electron chi connectivity index (χ1n) is 12.1. The van der Waals surface area contributed by atoms with Crippen molar-refractivity contribution in [2.45, 2.75) is 115 Å². The lowest BCUT2D eigenvalue weighted by Crippen LogP contribution is -2.38. The lowest BCUT2D eigenvalue weighted by atomic mass is 9.78. The molecule has 0 radical (unpaired) electrons. The van der Waals surface area contributed by atoms with Crippen molar-refractivity contribution >= 4 is 5.69 Å². The highest BCUT2D eigenvalue weighted by atomic mass is 16.5. The summed E-state index contributed by atoms with van der Waals surface area (Å²) in [5.74, 6) is 0. The van der Waals surface area contributed by atoms with Crippen LogP contribution in [0.4, 0.5) is 5.69 Å². The van der Waals surface area contributed by atoms with Crippen LogP contribution in [0.25, 0.3) is 0 Å². The molecular formula is C29H55NO. The lowest BCUT2D eigenvalue weighted by molar-refractivity contribution is 0.122. The maximum Gasteiger partial charge on any atom is 0.0642 e. The number of nitrogens with zero attached hydrogens (tertiary/aromatic N) is 1. The Balaban J connectivity index is 0.000000752. The first-order chi connectivity index (χ1) is 13.6. The molecule has 31 heavy (non-hydrogen) atoms. The Hall–Kier alpha value is -1.02. The smallest absolute Gasteiger partial charge is 0.0642 e. The highest BCUT2D eigenvalue weighted by Gasteiger charge is 2.26. The van der Waals surface area contributed by atoms with Gasteiger partial charge in [-0.05, 0) is 51.3 Å². The van der Waals surface area contributed by atoms with Crippen LogP contribution < -0.4 is 4.90 Å². The standard InChI is InChI=1S/C19H31NO.2C5H12/c1-14-12-16(19(5,6)7)17(13-15(14)18(2,3)4)20-8-10-21-11-9-20;2*1-5(2,3)4/h12-13H,8-11H2,1-7H3;2*1-4H3. The zero-order valence-electron chi connectivity index (χ0n) is 23.8. The van der Waals surface area contributed by atoms with Crippen molar-refractivity contribution in [2.24, 2.45) is 10.8 Å². The van der Waals surface area contributed by atoms with E-state index in [9.17, 15) is 0 Å². The SMILES string of the molecule is CC(C)(C)C.CC(C)(C)C.Cc1cc(C(C)(C)C)c(N2CCOCC2)cc1C(C)(C)C. The highest BCUT2D eigenvalue weighted by molar-refractivity contribution is 5.61. The average Bonchev–Trinajstić information content (AvgIpc) is 2.50. The molecule has 0 saturated carbocycles. The van der Waals surface area contributed by atoms with Gasteiger partial charge in [0.2, 0.25) is 0 Å². The molecular weight excluding hydrogens is 378 g/mol. The molecule has 0 aromatic heterocycles. The van der Waals surface area contributed by atoms with E-state index in [1.165, 1.54) is 22.4 Å². The summed E-state index contributed by atoms with van der Waals surface area (Å²) in [6, 6.07) is 4.84. The van der Waals surface area contributed by atoms with Gasteiger partial charge in [0.1, 0.15) is 0 Å². The van der Waals surface area contributed by atoms with Crippen molar-refractivity contribution < 1.29 is 4.74 Å². The van der Waals surface area contributed by atoms with E-state index in [4.69, 9.17) is 4.74 Å².